The predicted molar refractivity (Wildman–Crippen MR) is 434 cm³/mol. The van der Waals surface area contributed by atoms with E-state index in [-0.39, 0.29) is 69.7 Å². The van der Waals surface area contributed by atoms with Crippen molar-refractivity contribution in [1.29, 1.82) is 0 Å². The number of aliphatic hydroxyl groups excluding tert-OH is 1. The van der Waals surface area contributed by atoms with Gasteiger partial charge in [-0.1, -0.05) is 76.2 Å². The number of aliphatic carboxylic acids is 3. The lowest BCUT2D eigenvalue weighted by Gasteiger charge is -2.32. The van der Waals surface area contributed by atoms with Crippen LogP contribution in [0.5, 0.6) is 5.75 Å². The van der Waals surface area contributed by atoms with Crippen molar-refractivity contribution >= 4 is 148 Å². The fourth-order valence-corrected chi connectivity index (χ4v) is 14.4. The van der Waals surface area contributed by atoms with Crippen LogP contribution in [0.3, 0.4) is 0 Å². The molecule has 14 amide bonds. The summed E-state index contributed by atoms with van der Waals surface area (Å²) in [6, 6.07) is -0.968. The van der Waals surface area contributed by atoms with Crippen LogP contribution < -0.4 is 70.0 Å². The maximum absolute atomic E-state index is 15.3. The highest BCUT2D eigenvalue weighted by molar-refractivity contribution is 7.80. The number of rotatable bonds is 45. The van der Waals surface area contributed by atoms with E-state index in [0.717, 1.165) is 6.92 Å². The number of carbonyl (C=O) groups excluding carboxylic acids is 14. The topological polar surface area (TPSA) is 614 Å². The number of nitrogens with two attached hydrogens (primary N) is 2. The molecule has 4 heterocycles. The molecule has 0 radical (unpaired) electrons. The fraction of sp³-hybridized carbons (Fsp3) is 0.500. The summed E-state index contributed by atoms with van der Waals surface area (Å²) < 4.78 is 0. The summed E-state index contributed by atoms with van der Waals surface area (Å²) in [5.41, 5.74) is 13.3. The largest absolute Gasteiger partial charge is 0.508 e. The molecular formula is C78H105N17O22S2. The number of phenols is 1. The minimum Gasteiger partial charge on any atom is -0.508 e. The molecule has 14 atom stereocenters. The normalized spacial score (nSPS) is 16.9. The molecule has 7 rings (SSSR count). The van der Waals surface area contributed by atoms with Crippen LogP contribution in [0.15, 0.2) is 85.2 Å². The number of phenolic OH excluding ortho intramolecular Hbond substituents is 1. The zero-order chi connectivity index (χ0) is 87.6. The van der Waals surface area contributed by atoms with Crippen molar-refractivity contribution < 1.29 is 107 Å². The smallest absolute Gasteiger partial charge is 0.326 e. The number of nitrogens with zero attached hydrogens (tertiary/aromatic N) is 2. The lowest BCUT2D eigenvalue weighted by molar-refractivity contribution is -0.143. The number of hydrogen-bond donors (Lipinski definition) is 22. The first kappa shape index (κ1) is 94.3. The quantitative estimate of drug-likeness (QED) is 0.0176. The summed E-state index contributed by atoms with van der Waals surface area (Å²) in [4.78, 5) is 242. The molecule has 2 saturated heterocycles. The summed E-state index contributed by atoms with van der Waals surface area (Å²) in [5, 5.41) is 79.3. The number of fused-ring (bicyclic) bond motifs is 2. The number of carboxylic acids is 3. The first-order chi connectivity index (χ1) is 56.4. The molecular weight excluding hydrogens is 1590 g/mol. The minimum atomic E-state index is -1.86. The Balaban J connectivity index is 1.11. The molecule has 0 saturated carbocycles. The highest BCUT2D eigenvalue weighted by atomic mass is 32.1. The molecule has 646 valence electrons. The van der Waals surface area contributed by atoms with E-state index in [1.54, 1.807) is 88.6 Å². The lowest BCUT2D eigenvalue weighted by Crippen LogP contribution is -2.62. The van der Waals surface area contributed by atoms with Crippen LogP contribution in [0, 0.1) is 11.8 Å². The fourth-order valence-electron chi connectivity index (χ4n) is 13.9. The van der Waals surface area contributed by atoms with E-state index < -0.39 is 241 Å². The van der Waals surface area contributed by atoms with Crippen molar-refractivity contribution in [2.24, 2.45) is 23.3 Å². The first-order valence-corrected chi connectivity index (χ1v) is 40.0. The van der Waals surface area contributed by atoms with Gasteiger partial charge in [0, 0.05) is 90.9 Å². The number of para-hydroxylation sites is 2. The van der Waals surface area contributed by atoms with Crippen LogP contribution in [0.1, 0.15) is 116 Å². The lowest BCUT2D eigenvalue weighted by atomic mass is 9.99. The molecule has 2 fully saturated rings. The van der Waals surface area contributed by atoms with E-state index in [0.29, 0.717) is 44.9 Å². The van der Waals surface area contributed by atoms with Crippen molar-refractivity contribution in [3.05, 3.63) is 102 Å². The number of carbonyl (C=O) groups is 17. The first-order valence-electron chi connectivity index (χ1n) is 38.8. The number of primary amides is 1. The molecule has 3 aromatic carbocycles. The van der Waals surface area contributed by atoms with Gasteiger partial charge in [-0.15, -0.1) is 0 Å². The maximum Gasteiger partial charge on any atom is 0.326 e. The Bertz CT molecular complexity index is 4520. The zero-order valence-electron chi connectivity index (χ0n) is 66.2. The molecule has 0 aliphatic carbocycles. The number of benzene rings is 3. The third-order valence-corrected chi connectivity index (χ3v) is 20.9. The highest BCUT2D eigenvalue weighted by Gasteiger charge is 2.44. The molecule has 119 heavy (non-hydrogen) atoms. The summed E-state index contributed by atoms with van der Waals surface area (Å²) >= 11 is 8.49. The van der Waals surface area contributed by atoms with E-state index in [4.69, 9.17) is 11.5 Å². The molecule has 22 N–H and O–H groups in total. The van der Waals surface area contributed by atoms with E-state index in [9.17, 15) is 92.7 Å². The van der Waals surface area contributed by atoms with Gasteiger partial charge in [-0.25, -0.2) is 4.79 Å². The second-order valence-corrected chi connectivity index (χ2v) is 30.7. The Morgan fingerprint density at radius 1 is 0.479 bits per heavy atom. The average molecular weight is 1700 g/mol. The summed E-state index contributed by atoms with van der Waals surface area (Å²) in [6.45, 7) is 7.36. The molecule has 41 heteroatoms. The monoisotopic (exact) mass is 1700 g/mol. The van der Waals surface area contributed by atoms with Crippen molar-refractivity contribution in [3.8, 4) is 5.75 Å². The van der Waals surface area contributed by atoms with E-state index in [1.807, 2.05) is 0 Å². The summed E-state index contributed by atoms with van der Waals surface area (Å²) in [7, 11) is 0. The molecule has 0 spiro atoms. The number of H-pyrrole nitrogens is 2. The summed E-state index contributed by atoms with van der Waals surface area (Å²) in [5.74, 6) is -20.0. The number of amides is 14. The van der Waals surface area contributed by atoms with Crippen molar-refractivity contribution in [1.82, 2.24) is 78.3 Å². The molecule has 0 bridgehead atoms. The molecule has 5 aromatic rings. The number of aromatic nitrogens is 2. The number of carboxylic acid groups (broad SMARTS) is 3. The molecule has 2 aromatic heterocycles. The molecule has 2 aliphatic rings. The highest BCUT2D eigenvalue weighted by Crippen LogP contribution is 2.26. The van der Waals surface area contributed by atoms with Gasteiger partial charge < -0.3 is 115 Å². The number of likely N-dealkylation sites (tertiary alicyclic amines) is 2. The Hall–Kier alpha value is -11.8. The van der Waals surface area contributed by atoms with Gasteiger partial charge >= 0.3 is 17.9 Å². The van der Waals surface area contributed by atoms with Crippen LogP contribution in [-0.2, 0) is 101 Å². The van der Waals surface area contributed by atoms with E-state index in [1.165, 1.54) is 34.1 Å². The third kappa shape index (κ3) is 27.1. The number of hydrogen-bond acceptors (Lipinski definition) is 22. The van der Waals surface area contributed by atoms with Gasteiger partial charge in [-0.05, 0) is 105 Å². The van der Waals surface area contributed by atoms with Gasteiger partial charge in [0.15, 0.2) is 0 Å². The number of thiol groups is 2. The van der Waals surface area contributed by atoms with Crippen LogP contribution in [0.25, 0.3) is 21.8 Å². The van der Waals surface area contributed by atoms with Crippen molar-refractivity contribution in [2.75, 3.05) is 31.1 Å². The molecule has 2 aliphatic heterocycles. The van der Waals surface area contributed by atoms with Gasteiger partial charge in [-0.3, -0.25) is 76.7 Å². The second kappa shape index (κ2) is 44.6. The van der Waals surface area contributed by atoms with Crippen LogP contribution >= 0.6 is 25.3 Å². The third-order valence-electron chi connectivity index (χ3n) is 20.2. The maximum atomic E-state index is 15.3. The predicted octanol–water partition coefficient (Wildman–Crippen LogP) is -2.71. The van der Waals surface area contributed by atoms with Crippen LogP contribution in [0.2, 0.25) is 0 Å². The van der Waals surface area contributed by atoms with E-state index >= 15 is 14.4 Å². The number of aromatic amines is 2. The van der Waals surface area contributed by atoms with Crippen molar-refractivity contribution in [3.63, 3.8) is 0 Å². The Morgan fingerprint density at radius 2 is 0.891 bits per heavy atom. The van der Waals surface area contributed by atoms with Gasteiger partial charge in [0.05, 0.1) is 19.1 Å². The van der Waals surface area contributed by atoms with Crippen LogP contribution in [0.4, 0.5) is 0 Å². The number of nitrogens with one attached hydrogen (secondary N) is 13. The Kier molecular flexibility index (Phi) is 35.4. The average Bonchev–Trinajstić information content (AvgIpc) is 1.70. The Morgan fingerprint density at radius 3 is 1.39 bits per heavy atom. The van der Waals surface area contributed by atoms with Crippen molar-refractivity contribution in [2.45, 2.75) is 203 Å². The number of aliphatic hydroxyl groups is 1. The van der Waals surface area contributed by atoms with Crippen LogP contribution in [-0.4, -0.2) is 262 Å². The minimum absolute atomic E-state index is 0.0127. The summed E-state index contributed by atoms with van der Waals surface area (Å²) in [6.07, 6.45) is -1.93. The van der Waals surface area contributed by atoms with Gasteiger partial charge in [0.25, 0.3) is 0 Å². The zero-order valence-corrected chi connectivity index (χ0v) is 68.0. The molecule has 0 unspecified atom stereocenters. The second-order valence-electron chi connectivity index (χ2n) is 30.0. The van der Waals surface area contributed by atoms with Gasteiger partial charge in [0.2, 0.25) is 82.7 Å². The van der Waals surface area contributed by atoms with Gasteiger partial charge in [-0.2, -0.15) is 25.3 Å². The standard InChI is InChI=1S/C78H105N17O22S2/c1-38(2)28-51(68(106)90-56(36-118)72(110)89-55(78(116)117)32-60(80)98)85-69(107)52(29-41-18-20-44(97)21-19-41)86-70(108)53(30-42-34-81-47-14-8-6-12-45(42)47)87-66(104)49(22-24-62(100)101)84-75(113)64(39(3)4)92-74(112)59-17-11-27-95(59)77(115)54(31-43-35-82-48-15-9-7-13-46(43)48)88-71(109)57(37-119)91-76(114)65(40(5)96)93-67(105)50(23-25-63(102)103)83-73(111)58-16-10-26-94(58)61(99)33-79/h6-9,12-15,18-21,34-35,38-40,49-59,64-65,81-82,96-97,118-119H,10-11,16-17,22-33,36-37,79H2,1-5H3,(H2,80,98)(H,83,111)(H,84,113)(H,85,107)(H,86,108)(H,87,104)(H,88,109)(H,89,110)(H,90,106)(H,91,114)(H,92,112)(H,93,105)(H,100,101)(H,102,103)(H,116,117)/t40-,49+,50+,51+,52+,53+,54+,55+,56+,57+,58+,59+,64+,65+/m1/s1. The van der Waals surface area contributed by atoms with Gasteiger partial charge in [0.1, 0.15) is 84.3 Å². The number of aromatic hydroxyl groups is 1. The van der Waals surface area contributed by atoms with E-state index in [2.05, 4.69) is 93.7 Å². The Labute approximate surface area is 694 Å². The SMILES string of the molecule is CC(C)C[C@H](NC(=O)[C@H](Cc1ccc(O)cc1)NC(=O)[C@H](Cc1c[nH]c2ccccc12)NC(=O)[C@H](CCC(=O)O)NC(=O)[C@@H](NC(=O)[C@@H]1CCCN1C(=O)[C@H](Cc1c[nH]c2ccccc12)NC(=O)[C@H](CS)NC(=O)[C@@H](NC(=O)[C@H](CCC(=O)O)NC(=O)[C@@H]1CCCN1C(=O)CN)[C@@H](C)O)C(C)C)C(=O)N[C@@H](CS)C(=O)N[C@@H](CC(N)=O)C(=O)O. The molecule has 39 nitrogen and oxygen atoms in total.